The number of piperidine rings is 1. The molecule has 0 aromatic carbocycles. The Balaban J connectivity index is 2.67. The molecule has 1 aliphatic heterocycles. The average molecular weight is 307 g/mol. The second-order valence-electron chi connectivity index (χ2n) is 4.64. The highest BCUT2D eigenvalue weighted by Gasteiger charge is 2.36. The summed E-state index contributed by atoms with van der Waals surface area (Å²) in [6.45, 7) is 0.320. The van der Waals surface area contributed by atoms with Gasteiger partial charge in [-0.15, -0.1) is 0 Å². The van der Waals surface area contributed by atoms with Crippen molar-refractivity contribution in [3.8, 4) is 0 Å². The summed E-state index contributed by atoms with van der Waals surface area (Å²) in [5.74, 6) is -1.14. The molecule has 7 nitrogen and oxygen atoms in total. The monoisotopic (exact) mass is 307 g/mol. The molecular formula is C12H21NO6S. The summed E-state index contributed by atoms with van der Waals surface area (Å²) < 4.78 is 34.8. The maximum atomic E-state index is 12.3. The van der Waals surface area contributed by atoms with E-state index in [0.717, 1.165) is 12.8 Å². The number of carbonyl (C=O) groups excluding carboxylic acids is 2. The highest BCUT2D eigenvalue weighted by Crippen LogP contribution is 2.22. The SMILES string of the molecule is COC(=O)CCCS(=O)(=O)N1CCCCC1C(=O)OC. The van der Waals surface area contributed by atoms with E-state index in [1.165, 1.54) is 18.5 Å². The number of sulfonamides is 1. The number of hydrogen-bond acceptors (Lipinski definition) is 6. The molecule has 0 amide bonds. The number of hydrogen-bond donors (Lipinski definition) is 0. The van der Waals surface area contributed by atoms with Gasteiger partial charge >= 0.3 is 11.9 Å². The molecule has 1 saturated heterocycles. The normalized spacial score (nSPS) is 20.4. The maximum Gasteiger partial charge on any atom is 0.324 e. The van der Waals surface area contributed by atoms with Crippen LogP contribution in [0, 0.1) is 0 Å². The Kier molecular flexibility index (Phi) is 6.41. The van der Waals surface area contributed by atoms with E-state index < -0.39 is 28.0 Å². The standard InChI is InChI=1S/C12H21NO6S/c1-18-11(14)7-5-9-20(16,17)13-8-4-3-6-10(13)12(15)19-2/h10H,3-9H2,1-2H3. The molecule has 1 atom stereocenters. The van der Waals surface area contributed by atoms with Gasteiger partial charge in [0, 0.05) is 13.0 Å². The van der Waals surface area contributed by atoms with Gasteiger partial charge in [-0.1, -0.05) is 0 Å². The van der Waals surface area contributed by atoms with Crippen molar-refractivity contribution >= 4 is 22.0 Å². The topological polar surface area (TPSA) is 90.0 Å². The van der Waals surface area contributed by atoms with Gasteiger partial charge in [0.2, 0.25) is 10.0 Å². The number of esters is 2. The zero-order chi connectivity index (χ0) is 15.2. The summed E-state index contributed by atoms with van der Waals surface area (Å²) in [5, 5.41) is 0. The highest BCUT2D eigenvalue weighted by atomic mass is 32.2. The molecule has 116 valence electrons. The summed E-state index contributed by atoms with van der Waals surface area (Å²) in [4.78, 5) is 22.6. The van der Waals surface area contributed by atoms with Gasteiger partial charge in [0.1, 0.15) is 6.04 Å². The predicted molar refractivity (Wildman–Crippen MR) is 71.4 cm³/mol. The van der Waals surface area contributed by atoms with Crippen molar-refractivity contribution in [2.75, 3.05) is 26.5 Å². The number of nitrogens with zero attached hydrogens (tertiary/aromatic N) is 1. The minimum absolute atomic E-state index is 0.0481. The third kappa shape index (κ3) is 4.45. The van der Waals surface area contributed by atoms with E-state index in [0.29, 0.717) is 13.0 Å². The second-order valence-corrected chi connectivity index (χ2v) is 6.68. The summed E-state index contributed by atoms with van der Waals surface area (Å²) in [7, 11) is -1.06. The molecule has 0 bridgehead atoms. The number of carbonyl (C=O) groups is 2. The van der Waals surface area contributed by atoms with Crippen LogP contribution in [-0.2, 0) is 29.1 Å². The van der Waals surface area contributed by atoms with E-state index in [1.807, 2.05) is 0 Å². The van der Waals surface area contributed by atoms with Gasteiger partial charge in [-0.25, -0.2) is 8.42 Å². The lowest BCUT2D eigenvalue weighted by Gasteiger charge is -2.32. The van der Waals surface area contributed by atoms with Crippen molar-refractivity contribution in [2.45, 2.75) is 38.1 Å². The Morgan fingerprint density at radius 2 is 1.90 bits per heavy atom. The minimum atomic E-state index is -3.57. The lowest BCUT2D eigenvalue weighted by Crippen LogP contribution is -2.49. The largest absolute Gasteiger partial charge is 0.469 e. The molecule has 1 aliphatic rings. The van der Waals surface area contributed by atoms with E-state index in [2.05, 4.69) is 9.47 Å². The average Bonchev–Trinajstić information content (AvgIpc) is 2.46. The van der Waals surface area contributed by atoms with Crippen molar-refractivity contribution in [3.05, 3.63) is 0 Å². The fourth-order valence-electron chi connectivity index (χ4n) is 2.23. The smallest absolute Gasteiger partial charge is 0.324 e. The van der Waals surface area contributed by atoms with Crippen LogP contribution in [0.1, 0.15) is 32.1 Å². The molecule has 0 spiro atoms. The fraction of sp³-hybridized carbons (Fsp3) is 0.833. The van der Waals surface area contributed by atoms with Crippen LogP contribution in [0.5, 0.6) is 0 Å². The van der Waals surface area contributed by atoms with E-state index in [9.17, 15) is 18.0 Å². The van der Waals surface area contributed by atoms with Gasteiger partial charge in [0.15, 0.2) is 0 Å². The molecule has 0 aromatic heterocycles. The minimum Gasteiger partial charge on any atom is -0.469 e. The molecule has 0 aromatic rings. The predicted octanol–water partition coefficient (Wildman–Crippen LogP) is 0.297. The zero-order valence-corrected chi connectivity index (χ0v) is 12.6. The first-order valence-corrected chi connectivity index (χ1v) is 8.17. The van der Waals surface area contributed by atoms with E-state index in [1.54, 1.807) is 0 Å². The number of methoxy groups -OCH3 is 2. The summed E-state index contributed by atoms with van der Waals surface area (Å²) >= 11 is 0. The van der Waals surface area contributed by atoms with Crippen molar-refractivity contribution < 1.29 is 27.5 Å². The van der Waals surface area contributed by atoms with Gasteiger partial charge in [-0.2, -0.15) is 4.31 Å². The van der Waals surface area contributed by atoms with Crippen LogP contribution in [0.4, 0.5) is 0 Å². The number of rotatable bonds is 6. The molecule has 8 heteroatoms. The Morgan fingerprint density at radius 3 is 2.50 bits per heavy atom. The van der Waals surface area contributed by atoms with Crippen molar-refractivity contribution in [2.24, 2.45) is 0 Å². The van der Waals surface area contributed by atoms with E-state index in [-0.39, 0.29) is 18.6 Å². The quantitative estimate of drug-likeness (QED) is 0.655. The van der Waals surface area contributed by atoms with Gasteiger partial charge in [0.05, 0.1) is 20.0 Å². The second kappa shape index (κ2) is 7.58. The van der Waals surface area contributed by atoms with Gasteiger partial charge in [-0.05, 0) is 25.7 Å². The Hall–Kier alpha value is -1.15. The Labute approximate surface area is 119 Å². The zero-order valence-electron chi connectivity index (χ0n) is 11.8. The lowest BCUT2D eigenvalue weighted by atomic mass is 10.1. The van der Waals surface area contributed by atoms with E-state index in [4.69, 9.17) is 0 Å². The Bertz CT molecular complexity index is 447. The third-order valence-electron chi connectivity index (χ3n) is 3.30. The molecule has 1 fully saturated rings. The van der Waals surface area contributed by atoms with Gasteiger partial charge in [0.25, 0.3) is 0 Å². The van der Waals surface area contributed by atoms with Crippen LogP contribution < -0.4 is 0 Å². The molecule has 1 rings (SSSR count). The van der Waals surface area contributed by atoms with Crippen LogP contribution in [0.15, 0.2) is 0 Å². The fourth-order valence-corrected chi connectivity index (χ4v) is 3.96. The first-order valence-electron chi connectivity index (χ1n) is 6.56. The van der Waals surface area contributed by atoms with Crippen LogP contribution in [0.3, 0.4) is 0 Å². The molecule has 0 saturated carbocycles. The molecule has 20 heavy (non-hydrogen) atoms. The molecule has 0 aliphatic carbocycles. The van der Waals surface area contributed by atoms with Crippen LogP contribution in [-0.4, -0.2) is 57.2 Å². The highest BCUT2D eigenvalue weighted by molar-refractivity contribution is 7.89. The summed E-state index contributed by atoms with van der Waals surface area (Å²) in [6, 6.07) is -0.739. The van der Waals surface area contributed by atoms with Crippen LogP contribution in [0.25, 0.3) is 0 Å². The third-order valence-corrected chi connectivity index (χ3v) is 5.25. The van der Waals surface area contributed by atoms with E-state index >= 15 is 0 Å². The summed E-state index contributed by atoms with van der Waals surface area (Å²) in [6.07, 6.45) is 2.23. The molecule has 0 N–H and O–H groups in total. The van der Waals surface area contributed by atoms with Crippen molar-refractivity contribution in [1.29, 1.82) is 0 Å². The lowest BCUT2D eigenvalue weighted by molar-refractivity contribution is -0.146. The molecular weight excluding hydrogens is 286 g/mol. The first kappa shape index (κ1) is 16.9. The van der Waals surface area contributed by atoms with Crippen molar-refractivity contribution in [1.82, 2.24) is 4.31 Å². The molecule has 1 unspecified atom stereocenters. The van der Waals surface area contributed by atoms with Gasteiger partial charge < -0.3 is 9.47 Å². The maximum absolute atomic E-state index is 12.3. The molecule has 0 radical (unpaired) electrons. The van der Waals surface area contributed by atoms with Crippen molar-refractivity contribution in [3.63, 3.8) is 0 Å². The van der Waals surface area contributed by atoms with Crippen LogP contribution >= 0.6 is 0 Å². The van der Waals surface area contributed by atoms with Crippen LogP contribution in [0.2, 0.25) is 0 Å². The Morgan fingerprint density at radius 1 is 1.20 bits per heavy atom. The molecule has 1 heterocycles. The number of ether oxygens (including phenoxy) is 2. The first-order chi connectivity index (χ1) is 9.42. The summed E-state index contributed by atoms with van der Waals surface area (Å²) in [5.41, 5.74) is 0. The van der Waals surface area contributed by atoms with Gasteiger partial charge in [-0.3, -0.25) is 9.59 Å².